The van der Waals surface area contributed by atoms with Gasteiger partial charge in [-0.25, -0.2) is 0 Å². The van der Waals surface area contributed by atoms with E-state index in [-0.39, 0.29) is 23.9 Å². The molecule has 0 aromatic rings. The largest absolute Gasteiger partial charge is 0.381 e. The van der Waals surface area contributed by atoms with Gasteiger partial charge in [-0.05, 0) is 38.1 Å². The van der Waals surface area contributed by atoms with Crippen molar-refractivity contribution in [3.8, 4) is 0 Å². The summed E-state index contributed by atoms with van der Waals surface area (Å²) in [5.41, 5.74) is 0. The molecule has 0 aromatic carbocycles. The van der Waals surface area contributed by atoms with Crippen LogP contribution in [0.2, 0.25) is 0 Å². The number of ether oxygens (including phenoxy) is 1. The quantitative estimate of drug-likeness (QED) is 0.765. The first-order valence-electron chi connectivity index (χ1n) is 7.92. The summed E-state index contributed by atoms with van der Waals surface area (Å²) in [7, 11) is 0. The number of nitrogens with zero attached hydrogens (tertiary/aromatic N) is 1. The molecule has 2 amide bonds. The SMILES string of the molecule is O=C1CC(NCCC2CCOC2)C(=O)N1C1CCCC1. The van der Waals surface area contributed by atoms with Gasteiger partial charge in [0.2, 0.25) is 11.8 Å². The first-order valence-corrected chi connectivity index (χ1v) is 7.92. The number of carbonyl (C=O) groups is 2. The lowest BCUT2D eigenvalue weighted by Crippen LogP contribution is -2.43. The summed E-state index contributed by atoms with van der Waals surface area (Å²) < 4.78 is 5.35. The van der Waals surface area contributed by atoms with Gasteiger partial charge in [0, 0.05) is 19.3 Å². The summed E-state index contributed by atoms with van der Waals surface area (Å²) >= 11 is 0. The number of nitrogens with one attached hydrogen (secondary N) is 1. The minimum Gasteiger partial charge on any atom is -0.381 e. The number of carbonyl (C=O) groups excluding carboxylic acids is 2. The molecule has 1 saturated carbocycles. The summed E-state index contributed by atoms with van der Waals surface area (Å²) in [6.07, 6.45) is 6.75. The maximum atomic E-state index is 12.3. The molecule has 2 aliphatic heterocycles. The molecule has 2 heterocycles. The zero-order valence-electron chi connectivity index (χ0n) is 12.0. The summed E-state index contributed by atoms with van der Waals surface area (Å²) in [6.45, 7) is 2.50. The van der Waals surface area contributed by atoms with Crippen LogP contribution < -0.4 is 5.32 Å². The Hall–Kier alpha value is -0.940. The second-order valence-corrected chi connectivity index (χ2v) is 6.27. The highest BCUT2D eigenvalue weighted by molar-refractivity contribution is 6.05. The highest BCUT2D eigenvalue weighted by atomic mass is 16.5. The average molecular weight is 280 g/mol. The molecule has 20 heavy (non-hydrogen) atoms. The van der Waals surface area contributed by atoms with Crippen molar-refractivity contribution in [2.24, 2.45) is 5.92 Å². The Morgan fingerprint density at radius 3 is 2.70 bits per heavy atom. The second-order valence-electron chi connectivity index (χ2n) is 6.27. The molecule has 3 aliphatic rings. The Balaban J connectivity index is 1.47. The fraction of sp³-hybridized carbons (Fsp3) is 0.867. The molecule has 1 aliphatic carbocycles. The van der Waals surface area contributed by atoms with Crippen LogP contribution in [-0.4, -0.2) is 48.6 Å². The van der Waals surface area contributed by atoms with Gasteiger partial charge in [0.05, 0.1) is 12.5 Å². The van der Waals surface area contributed by atoms with Crippen LogP contribution in [0, 0.1) is 5.92 Å². The summed E-state index contributed by atoms with van der Waals surface area (Å²) in [5.74, 6) is 0.633. The van der Waals surface area contributed by atoms with Crippen LogP contribution in [0.5, 0.6) is 0 Å². The van der Waals surface area contributed by atoms with Gasteiger partial charge in [-0.3, -0.25) is 14.5 Å². The first-order chi connectivity index (χ1) is 9.75. The van der Waals surface area contributed by atoms with E-state index in [0.717, 1.165) is 58.3 Å². The minimum atomic E-state index is -0.287. The number of likely N-dealkylation sites (tertiary alicyclic amines) is 1. The molecule has 112 valence electrons. The van der Waals surface area contributed by atoms with Crippen LogP contribution in [0.4, 0.5) is 0 Å². The lowest BCUT2D eigenvalue weighted by atomic mass is 10.1. The van der Waals surface area contributed by atoms with E-state index in [9.17, 15) is 9.59 Å². The minimum absolute atomic E-state index is 0.00423. The van der Waals surface area contributed by atoms with Gasteiger partial charge in [-0.2, -0.15) is 0 Å². The van der Waals surface area contributed by atoms with E-state index in [1.807, 2.05) is 0 Å². The molecule has 1 N–H and O–H groups in total. The molecule has 0 aromatic heterocycles. The second kappa shape index (κ2) is 6.22. The van der Waals surface area contributed by atoms with Crippen molar-refractivity contribution in [1.82, 2.24) is 10.2 Å². The summed E-state index contributed by atoms with van der Waals surface area (Å²) in [4.78, 5) is 25.9. The van der Waals surface area contributed by atoms with E-state index in [2.05, 4.69) is 5.32 Å². The standard InChI is InChI=1S/C15H24N2O3/c18-14-9-13(16-7-5-11-6-8-20-10-11)15(19)17(14)12-3-1-2-4-12/h11-13,16H,1-10H2. The molecule has 0 spiro atoms. The fourth-order valence-corrected chi connectivity index (χ4v) is 3.63. The van der Waals surface area contributed by atoms with E-state index < -0.39 is 0 Å². The maximum absolute atomic E-state index is 12.3. The van der Waals surface area contributed by atoms with Crippen molar-refractivity contribution in [3.05, 3.63) is 0 Å². The highest BCUT2D eigenvalue weighted by Crippen LogP contribution is 2.28. The van der Waals surface area contributed by atoms with Crippen LogP contribution in [0.3, 0.4) is 0 Å². The predicted molar refractivity (Wildman–Crippen MR) is 74.1 cm³/mol. The highest BCUT2D eigenvalue weighted by Gasteiger charge is 2.42. The van der Waals surface area contributed by atoms with E-state index in [4.69, 9.17) is 4.74 Å². The van der Waals surface area contributed by atoms with Crippen molar-refractivity contribution in [1.29, 1.82) is 0 Å². The molecule has 2 unspecified atom stereocenters. The number of amides is 2. The third kappa shape index (κ3) is 2.88. The van der Waals surface area contributed by atoms with Crippen molar-refractivity contribution in [2.75, 3.05) is 19.8 Å². The molecule has 2 atom stereocenters. The normalized spacial score (nSPS) is 31.7. The molecule has 0 bridgehead atoms. The smallest absolute Gasteiger partial charge is 0.247 e. The van der Waals surface area contributed by atoms with Crippen LogP contribution in [0.15, 0.2) is 0 Å². The van der Waals surface area contributed by atoms with Crippen molar-refractivity contribution < 1.29 is 14.3 Å². The van der Waals surface area contributed by atoms with Crippen molar-refractivity contribution in [2.45, 2.75) is 57.0 Å². The van der Waals surface area contributed by atoms with Gasteiger partial charge < -0.3 is 10.1 Å². The Bertz CT molecular complexity index is 373. The number of imide groups is 1. The van der Waals surface area contributed by atoms with Crippen LogP contribution in [0.25, 0.3) is 0 Å². The Morgan fingerprint density at radius 1 is 1.20 bits per heavy atom. The zero-order chi connectivity index (χ0) is 13.9. The third-order valence-electron chi connectivity index (χ3n) is 4.84. The van der Waals surface area contributed by atoms with Crippen molar-refractivity contribution >= 4 is 11.8 Å². The third-order valence-corrected chi connectivity index (χ3v) is 4.84. The topological polar surface area (TPSA) is 58.6 Å². The Labute approximate surface area is 120 Å². The lowest BCUT2D eigenvalue weighted by molar-refractivity contribution is -0.141. The maximum Gasteiger partial charge on any atom is 0.247 e. The Morgan fingerprint density at radius 2 is 2.00 bits per heavy atom. The molecule has 2 saturated heterocycles. The number of hydrogen-bond acceptors (Lipinski definition) is 4. The molecule has 3 rings (SSSR count). The van der Waals surface area contributed by atoms with E-state index >= 15 is 0 Å². The zero-order valence-corrected chi connectivity index (χ0v) is 12.0. The average Bonchev–Trinajstić information content (AvgIpc) is 3.13. The van der Waals surface area contributed by atoms with E-state index in [1.54, 1.807) is 4.90 Å². The van der Waals surface area contributed by atoms with Gasteiger partial charge in [0.25, 0.3) is 0 Å². The molecule has 3 fully saturated rings. The van der Waals surface area contributed by atoms with Crippen LogP contribution >= 0.6 is 0 Å². The molecular weight excluding hydrogens is 256 g/mol. The number of rotatable bonds is 5. The predicted octanol–water partition coefficient (Wildman–Crippen LogP) is 1.07. The molecule has 5 nitrogen and oxygen atoms in total. The fourth-order valence-electron chi connectivity index (χ4n) is 3.63. The van der Waals surface area contributed by atoms with Crippen LogP contribution in [-0.2, 0) is 14.3 Å². The van der Waals surface area contributed by atoms with Gasteiger partial charge in [-0.15, -0.1) is 0 Å². The van der Waals surface area contributed by atoms with Gasteiger partial charge in [0.15, 0.2) is 0 Å². The van der Waals surface area contributed by atoms with Crippen LogP contribution in [0.1, 0.15) is 44.9 Å². The molecular formula is C15H24N2O3. The summed E-state index contributed by atoms with van der Waals surface area (Å²) in [5, 5.41) is 3.27. The lowest BCUT2D eigenvalue weighted by Gasteiger charge is -2.22. The molecule has 0 radical (unpaired) electrons. The Kier molecular flexibility index (Phi) is 4.36. The molecule has 5 heteroatoms. The van der Waals surface area contributed by atoms with Gasteiger partial charge >= 0.3 is 0 Å². The van der Waals surface area contributed by atoms with E-state index in [0.29, 0.717) is 12.3 Å². The van der Waals surface area contributed by atoms with Gasteiger partial charge in [-0.1, -0.05) is 12.8 Å². The monoisotopic (exact) mass is 280 g/mol. The van der Waals surface area contributed by atoms with Gasteiger partial charge in [0.1, 0.15) is 0 Å². The van der Waals surface area contributed by atoms with E-state index in [1.165, 1.54) is 0 Å². The first kappa shape index (κ1) is 14.0. The number of hydrogen-bond donors (Lipinski definition) is 1. The van der Waals surface area contributed by atoms with Crippen molar-refractivity contribution in [3.63, 3.8) is 0 Å². The summed E-state index contributed by atoms with van der Waals surface area (Å²) in [6, 6.07) is -0.115.